The number of hydrogen-bond acceptors (Lipinski definition) is 4. The van der Waals surface area contributed by atoms with Crippen molar-refractivity contribution in [3.05, 3.63) is 95.6 Å². The molecule has 2 aromatic carbocycles. The van der Waals surface area contributed by atoms with E-state index in [-0.39, 0.29) is 5.82 Å². The van der Waals surface area contributed by atoms with E-state index in [0.29, 0.717) is 0 Å². The van der Waals surface area contributed by atoms with Crippen LogP contribution < -0.4 is 5.32 Å². The Kier molecular flexibility index (Phi) is 5.11. The maximum absolute atomic E-state index is 13.9. The molecule has 0 saturated heterocycles. The van der Waals surface area contributed by atoms with E-state index < -0.39 is 0 Å². The lowest BCUT2D eigenvalue weighted by Crippen LogP contribution is -2.32. The topological polar surface area (TPSA) is 41.1 Å². The first kappa shape index (κ1) is 18.7. The summed E-state index contributed by atoms with van der Waals surface area (Å²) in [5, 5.41) is 4.57. The van der Waals surface area contributed by atoms with Gasteiger partial charge in [0.25, 0.3) is 0 Å². The molecule has 5 heteroatoms. The number of nitrogens with zero attached hydrogens (tertiary/aromatic N) is 3. The molecule has 30 heavy (non-hydrogen) atoms. The minimum atomic E-state index is -0.116. The van der Waals surface area contributed by atoms with Gasteiger partial charge in [0.15, 0.2) is 0 Å². The second kappa shape index (κ2) is 8.20. The van der Waals surface area contributed by atoms with Crippen molar-refractivity contribution in [3.63, 3.8) is 0 Å². The number of para-hydroxylation sites is 1. The minimum Gasteiger partial charge on any atom is -0.339 e. The summed E-state index contributed by atoms with van der Waals surface area (Å²) >= 11 is 0. The van der Waals surface area contributed by atoms with Gasteiger partial charge in [0.2, 0.25) is 0 Å². The molecule has 1 aliphatic heterocycles. The monoisotopic (exact) mass is 398 g/mol. The van der Waals surface area contributed by atoms with E-state index in [4.69, 9.17) is 0 Å². The summed E-state index contributed by atoms with van der Waals surface area (Å²) in [5.41, 5.74) is 5.24. The SMILES string of the molecule is Fc1ccccc1CCN1CCc2c(ccnc2Nc2cnc3ccccc3c2)C1. The van der Waals surface area contributed by atoms with E-state index in [1.165, 1.54) is 17.2 Å². The fraction of sp³-hybridized carbons (Fsp3) is 0.200. The van der Waals surface area contributed by atoms with Crippen molar-refractivity contribution in [1.82, 2.24) is 14.9 Å². The molecule has 0 aliphatic carbocycles. The molecule has 1 N–H and O–H groups in total. The molecule has 0 bridgehead atoms. The second-order valence-electron chi connectivity index (χ2n) is 7.71. The highest BCUT2D eigenvalue weighted by atomic mass is 19.1. The minimum absolute atomic E-state index is 0.116. The third-order valence-corrected chi connectivity index (χ3v) is 5.73. The fourth-order valence-corrected chi connectivity index (χ4v) is 4.10. The molecular weight excluding hydrogens is 375 g/mol. The zero-order valence-corrected chi connectivity index (χ0v) is 16.7. The Hall–Kier alpha value is -3.31. The van der Waals surface area contributed by atoms with Gasteiger partial charge in [0, 0.05) is 36.8 Å². The Balaban J connectivity index is 1.30. The predicted molar refractivity (Wildman–Crippen MR) is 118 cm³/mol. The molecule has 0 saturated carbocycles. The number of hydrogen-bond donors (Lipinski definition) is 1. The summed E-state index contributed by atoms with van der Waals surface area (Å²) in [4.78, 5) is 11.5. The van der Waals surface area contributed by atoms with E-state index in [1.54, 1.807) is 6.07 Å². The van der Waals surface area contributed by atoms with Crippen molar-refractivity contribution < 1.29 is 4.39 Å². The Morgan fingerprint density at radius 2 is 1.87 bits per heavy atom. The average molecular weight is 398 g/mol. The molecule has 0 amide bonds. The van der Waals surface area contributed by atoms with Gasteiger partial charge in [-0.2, -0.15) is 0 Å². The first-order chi connectivity index (χ1) is 14.8. The first-order valence-electron chi connectivity index (χ1n) is 10.3. The molecule has 0 fully saturated rings. The lowest BCUT2D eigenvalue weighted by atomic mass is 10.00. The Bertz CT molecular complexity index is 1190. The van der Waals surface area contributed by atoms with Crippen LogP contribution in [0.5, 0.6) is 0 Å². The highest BCUT2D eigenvalue weighted by Crippen LogP contribution is 2.27. The van der Waals surface area contributed by atoms with Crippen LogP contribution in [0.4, 0.5) is 15.9 Å². The van der Waals surface area contributed by atoms with E-state index in [9.17, 15) is 4.39 Å². The van der Waals surface area contributed by atoms with E-state index in [0.717, 1.165) is 60.4 Å². The van der Waals surface area contributed by atoms with Gasteiger partial charge in [-0.1, -0.05) is 36.4 Å². The lowest BCUT2D eigenvalue weighted by Gasteiger charge is -2.29. The number of fused-ring (bicyclic) bond motifs is 2. The van der Waals surface area contributed by atoms with Crippen LogP contribution in [0.15, 0.2) is 73.1 Å². The Morgan fingerprint density at radius 1 is 1.00 bits per heavy atom. The van der Waals surface area contributed by atoms with Crippen LogP contribution in [-0.2, 0) is 19.4 Å². The van der Waals surface area contributed by atoms with Crippen LogP contribution in [0.2, 0.25) is 0 Å². The van der Waals surface area contributed by atoms with E-state index in [1.807, 2.05) is 42.7 Å². The molecule has 0 radical (unpaired) electrons. The quantitative estimate of drug-likeness (QED) is 0.507. The summed E-state index contributed by atoms with van der Waals surface area (Å²) in [5.74, 6) is 0.785. The lowest BCUT2D eigenvalue weighted by molar-refractivity contribution is 0.256. The van der Waals surface area contributed by atoms with Gasteiger partial charge >= 0.3 is 0 Å². The van der Waals surface area contributed by atoms with Crippen molar-refractivity contribution in [2.45, 2.75) is 19.4 Å². The maximum atomic E-state index is 13.9. The number of rotatable bonds is 5. The fourth-order valence-electron chi connectivity index (χ4n) is 4.10. The number of benzene rings is 2. The molecule has 150 valence electrons. The summed E-state index contributed by atoms with van der Waals surface area (Å²) < 4.78 is 13.9. The van der Waals surface area contributed by atoms with Gasteiger partial charge in [0.1, 0.15) is 11.6 Å². The second-order valence-corrected chi connectivity index (χ2v) is 7.71. The van der Waals surface area contributed by atoms with Crippen molar-refractivity contribution in [1.29, 1.82) is 0 Å². The molecule has 0 unspecified atom stereocenters. The highest BCUT2D eigenvalue weighted by molar-refractivity contribution is 5.82. The molecular formula is C25H23FN4. The zero-order valence-electron chi connectivity index (χ0n) is 16.7. The molecule has 1 aliphatic rings. The smallest absolute Gasteiger partial charge is 0.133 e. The van der Waals surface area contributed by atoms with Gasteiger partial charge in [-0.05, 0) is 48.2 Å². The van der Waals surface area contributed by atoms with Gasteiger partial charge in [-0.3, -0.25) is 9.88 Å². The number of nitrogens with one attached hydrogen (secondary N) is 1. The summed E-state index contributed by atoms with van der Waals surface area (Å²) in [6.45, 7) is 2.65. The van der Waals surface area contributed by atoms with Crippen LogP contribution in [0.3, 0.4) is 0 Å². The zero-order chi connectivity index (χ0) is 20.3. The number of anilines is 2. The van der Waals surface area contributed by atoms with Gasteiger partial charge in [-0.25, -0.2) is 9.37 Å². The van der Waals surface area contributed by atoms with Crippen LogP contribution in [0.1, 0.15) is 16.7 Å². The summed E-state index contributed by atoms with van der Waals surface area (Å²) in [7, 11) is 0. The summed E-state index contributed by atoms with van der Waals surface area (Å²) in [6, 6.07) is 19.3. The summed E-state index contributed by atoms with van der Waals surface area (Å²) in [6.07, 6.45) is 5.35. The molecule has 5 rings (SSSR count). The largest absolute Gasteiger partial charge is 0.339 e. The molecule has 2 aromatic heterocycles. The van der Waals surface area contributed by atoms with Crippen LogP contribution >= 0.6 is 0 Å². The first-order valence-corrected chi connectivity index (χ1v) is 10.3. The van der Waals surface area contributed by atoms with Crippen molar-refractivity contribution in [3.8, 4) is 0 Å². The highest BCUT2D eigenvalue weighted by Gasteiger charge is 2.20. The van der Waals surface area contributed by atoms with Crippen LogP contribution in [-0.4, -0.2) is 28.0 Å². The van der Waals surface area contributed by atoms with Crippen LogP contribution in [0.25, 0.3) is 10.9 Å². The Labute approximate surface area is 175 Å². The van der Waals surface area contributed by atoms with Crippen molar-refractivity contribution >= 4 is 22.4 Å². The van der Waals surface area contributed by atoms with Crippen molar-refractivity contribution in [2.75, 3.05) is 18.4 Å². The molecule has 3 heterocycles. The van der Waals surface area contributed by atoms with Crippen molar-refractivity contribution in [2.24, 2.45) is 0 Å². The van der Waals surface area contributed by atoms with Gasteiger partial charge in [-0.15, -0.1) is 0 Å². The van der Waals surface area contributed by atoms with Crippen LogP contribution in [0, 0.1) is 5.82 Å². The normalized spacial score (nSPS) is 13.9. The third kappa shape index (κ3) is 3.89. The molecule has 4 aromatic rings. The molecule has 0 atom stereocenters. The average Bonchev–Trinajstić information content (AvgIpc) is 2.78. The molecule has 4 nitrogen and oxygen atoms in total. The number of pyridine rings is 2. The number of aromatic nitrogens is 2. The van der Waals surface area contributed by atoms with E-state index >= 15 is 0 Å². The van der Waals surface area contributed by atoms with E-state index in [2.05, 4.69) is 38.4 Å². The van der Waals surface area contributed by atoms with Gasteiger partial charge < -0.3 is 5.32 Å². The predicted octanol–water partition coefficient (Wildman–Crippen LogP) is 5.11. The number of halogens is 1. The Morgan fingerprint density at radius 3 is 2.80 bits per heavy atom. The standard InChI is InChI=1S/C25H23FN4/c26-23-7-3-1-5-18(23)10-13-30-14-11-22-20(17-30)9-12-27-25(22)29-21-15-19-6-2-4-8-24(19)28-16-21/h1-9,12,15-16H,10-11,13-14,17H2,(H,27,29). The third-order valence-electron chi connectivity index (χ3n) is 5.73. The molecule has 0 spiro atoms. The van der Waals surface area contributed by atoms with Gasteiger partial charge in [0.05, 0.1) is 17.4 Å². The maximum Gasteiger partial charge on any atom is 0.133 e.